The number of hydrogen-bond donors (Lipinski definition) is 1. The van der Waals surface area contributed by atoms with Gasteiger partial charge < -0.3 is 10.6 Å². The molecular weight excluding hydrogens is 178 g/mol. The first kappa shape index (κ1) is 11.2. The summed E-state index contributed by atoms with van der Waals surface area (Å²) in [5.74, 6) is -0.0331. The minimum atomic E-state index is -0.436. The summed E-state index contributed by atoms with van der Waals surface area (Å²) in [4.78, 5) is 12.7. The van der Waals surface area contributed by atoms with Crippen LogP contribution in [0.3, 0.4) is 0 Å². The number of halogens is 1. The van der Waals surface area contributed by atoms with E-state index < -0.39 is 6.04 Å². The van der Waals surface area contributed by atoms with Gasteiger partial charge >= 0.3 is 0 Å². The van der Waals surface area contributed by atoms with Crippen LogP contribution in [0.15, 0.2) is 0 Å². The molecule has 2 N–H and O–H groups in total. The lowest BCUT2D eigenvalue weighted by atomic mass is 10.0. The van der Waals surface area contributed by atoms with Crippen molar-refractivity contribution in [2.45, 2.75) is 13.0 Å². The van der Waals surface area contributed by atoms with E-state index in [2.05, 4.69) is 6.07 Å². The fourth-order valence-electron chi connectivity index (χ4n) is 1.03. The molecule has 1 saturated heterocycles. The van der Waals surface area contributed by atoms with E-state index in [-0.39, 0.29) is 24.2 Å². The second-order valence-corrected chi connectivity index (χ2v) is 2.86. The van der Waals surface area contributed by atoms with Crippen LogP contribution in [-0.2, 0) is 4.79 Å². The number of amides is 1. The van der Waals surface area contributed by atoms with Crippen LogP contribution in [0.2, 0.25) is 0 Å². The molecule has 0 saturated carbocycles. The topological polar surface area (TPSA) is 70.1 Å². The molecule has 5 heteroatoms. The monoisotopic (exact) mass is 189 g/mol. The summed E-state index contributed by atoms with van der Waals surface area (Å²) in [5.41, 5.74) is 5.36. The predicted molar refractivity (Wildman–Crippen MR) is 46.6 cm³/mol. The van der Waals surface area contributed by atoms with Crippen molar-refractivity contribution in [2.75, 3.05) is 13.1 Å². The first-order chi connectivity index (χ1) is 5.15. The van der Waals surface area contributed by atoms with Gasteiger partial charge in [-0.25, -0.2) is 0 Å². The largest absolute Gasteiger partial charge is 0.339 e. The van der Waals surface area contributed by atoms with Gasteiger partial charge in [0.05, 0.1) is 18.0 Å². The van der Waals surface area contributed by atoms with E-state index in [1.807, 2.05) is 0 Å². The standard InChI is InChI=1S/C7H11N3O.ClH/c1-5(9)7(11)10-3-6(2-8)4-10;/h5-6H,3-4,9H2,1H3;1H/t5-;/m1./s1. The molecule has 1 heterocycles. The van der Waals surface area contributed by atoms with Crippen molar-refractivity contribution in [1.82, 2.24) is 4.90 Å². The number of nitriles is 1. The Bertz CT molecular complexity index is 205. The molecular formula is C7H12ClN3O. The number of nitrogens with zero attached hydrogens (tertiary/aromatic N) is 2. The van der Waals surface area contributed by atoms with Crippen molar-refractivity contribution in [3.8, 4) is 6.07 Å². The van der Waals surface area contributed by atoms with Crippen molar-refractivity contribution < 1.29 is 4.79 Å². The van der Waals surface area contributed by atoms with E-state index in [1.165, 1.54) is 0 Å². The Morgan fingerprint density at radius 1 is 1.75 bits per heavy atom. The van der Waals surface area contributed by atoms with Crippen LogP contribution < -0.4 is 5.73 Å². The number of rotatable bonds is 1. The van der Waals surface area contributed by atoms with Crippen LogP contribution in [0.4, 0.5) is 0 Å². The first-order valence-electron chi connectivity index (χ1n) is 3.59. The van der Waals surface area contributed by atoms with E-state index in [4.69, 9.17) is 11.0 Å². The SMILES string of the molecule is C[C@@H](N)C(=O)N1CC(C#N)C1.Cl. The van der Waals surface area contributed by atoms with E-state index in [1.54, 1.807) is 11.8 Å². The minimum absolute atomic E-state index is 0. The third-order valence-corrected chi connectivity index (χ3v) is 1.77. The number of carbonyl (C=O) groups excluding carboxylic acids is 1. The van der Waals surface area contributed by atoms with Crippen LogP contribution in [-0.4, -0.2) is 29.9 Å². The van der Waals surface area contributed by atoms with Gasteiger partial charge in [-0.3, -0.25) is 4.79 Å². The maximum Gasteiger partial charge on any atom is 0.239 e. The third kappa shape index (κ3) is 2.10. The Morgan fingerprint density at radius 2 is 2.25 bits per heavy atom. The Balaban J connectivity index is 0.00000121. The Kier molecular flexibility index (Phi) is 4.01. The van der Waals surface area contributed by atoms with Gasteiger partial charge in [0.1, 0.15) is 0 Å². The van der Waals surface area contributed by atoms with Crippen LogP contribution >= 0.6 is 12.4 Å². The Labute approximate surface area is 77.7 Å². The van der Waals surface area contributed by atoms with Gasteiger partial charge in [0.2, 0.25) is 5.91 Å². The summed E-state index contributed by atoms with van der Waals surface area (Å²) in [6, 6.07) is 1.65. The van der Waals surface area contributed by atoms with Gasteiger partial charge in [-0.05, 0) is 6.92 Å². The highest BCUT2D eigenvalue weighted by Crippen LogP contribution is 2.14. The third-order valence-electron chi connectivity index (χ3n) is 1.77. The lowest BCUT2D eigenvalue weighted by Gasteiger charge is -2.36. The maximum absolute atomic E-state index is 11.1. The molecule has 0 unspecified atom stereocenters. The predicted octanol–water partition coefficient (Wildman–Crippen LogP) is -0.263. The molecule has 68 valence electrons. The zero-order chi connectivity index (χ0) is 8.43. The molecule has 12 heavy (non-hydrogen) atoms. The average Bonchev–Trinajstić information content (AvgIpc) is 1.85. The smallest absolute Gasteiger partial charge is 0.239 e. The number of hydrogen-bond acceptors (Lipinski definition) is 3. The summed E-state index contributed by atoms with van der Waals surface area (Å²) >= 11 is 0. The van der Waals surface area contributed by atoms with Crippen molar-refractivity contribution in [1.29, 1.82) is 5.26 Å². The van der Waals surface area contributed by atoms with Crippen LogP contribution in [0.25, 0.3) is 0 Å². The van der Waals surface area contributed by atoms with Gasteiger partial charge in [0, 0.05) is 13.1 Å². The second kappa shape index (κ2) is 4.29. The van der Waals surface area contributed by atoms with Gasteiger partial charge in [-0.1, -0.05) is 0 Å². The summed E-state index contributed by atoms with van der Waals surface area (Å²) in [7, 11) is 0. The molecule has 0 aromatic carbocycles. The minimum Gasteiger partial charge on any atom is -0.339 e. The van der Waals surface area contributed by atoms with Gasteiger partial charge in [-0.15, -0.1) is 12.4 Å². The Morgan fingerprint density at radius 3 is 2.58 bits per heavy atom. The van der Waals surface area contributed by atoms with E-state index in [0.29, 0.717) is 13.1 Å². The van der Waals surface area contributed by atoms with Crippen molar-refractivity contribution in [3.63, 3.8) is 0 Å². The fourth-order valence-corrected chi connectivity index (χ4v) is 1.03. The molecule has 1 rings (SSSR count). The van der Waals surface area contributed by atoms with Gasteiger partial charge in [-0.2, -0.15) is 5.26 Å². The van der Waals surface area contributed by atoms with E-state index in [0.717, 1.165) is 0 Å². The van der Waals surface area contributed by atoms with E-state index >= 15 is 0 Å². The van der Waals surface area contributed by atoms with Crippen molar-refractivity contribution in [2.24, 2.45) is 11.7 Å². The molecule has 0 spiro atoms. The maximum atomic E-state index is 11.1. The molecule has 0 aliphatic carbocycles. The quantitative estimate of drug-likeness (QED) is 0.618. The van der Waals surface area contributed by atoms with Crippen LogP contribution in [0, 0.1) is 17.2 Å². The molecule has 0 radical (unpaired) electrons. The normalized spacial score (nSPS) is 18.6. The highest BCUT2D eigenvalue weighted by molar-refractivity contribution is 5.85. The molecule has 1 amide bonds. The van der Waals surface area contributed by atoms with E-state index in [9.17, 15) is 4.79 Å². The van der Waals surface area contributed by atoms with Crippen LogP contribution in [0.1, 0.15) is 6.92 Å². The molecule has 0 bridgehead atoms. The lowest BCUT2D eigenvalue weighted by molar-refractivity contribution is -0.137. The lowest BCUT2D eigenvalue weighted by Crippen LogP contribution is -2.54. The molecule has 1 atom stereocenters. The van der Waals surface area contributed by atoms with Crippen molar-refractivity contribution in [3.05, 3.63) is 0 Å². The van der Waals surface area contributed by atoms with Gasteiger partial charge in [0.25, 0.3) is 0 Å². The molecule has 1 aliphatic heterocycles. The first-order valence-corrected chi connectivity index (χ1v) is 3.59. The molecule has 0 aromatic rings. The summed E-state index contributed by atoms with van der Waals surface area (Å²) in [5, 5.41) is 8.40. The highest BCUT2D eigenvalue weighted by Gasteiger charge is 2.31. The molecule has 4 nitrogen and oxygen atoms in total. The second-order valence-electron chi connectivity index (χ2n) is 2.86. The molecule has 0 aromatic heterocycles. The summed E-state index contributed by atoms with van der Waals surface area (Å²) in [6.07, 6.45) is 0. The average molecular weight is 190 g/mol. The molecule has 1 aliphatic rings. The summed E-state index contributed by atoms with van der Waals surface area (Å²) in [6.45, 7) is 2.76. The number of carbonyl (C=O) groups is 1. The highest BCUT2D eigenvalue weighted by atomic mass is 35.5. The Hall–Kier alpha value is -0.790. The zero-order valence-corrected chi connectivity index (χ0v) is 7.67. The number of likely N-dealkylation sites (tertiary alicyclic amines) is 1. The number of nitrogens with two attached hydrogens (primary N) is 1. The zero-order valence-electron chi connectivity index (χ0n) is 6.86. The molecule has 1 fully saturated rings. The van der Waals surface area contributed by atoms with Crippen LogP contribution in [0.5, 0.6) is 0 Å². The van der Waals surface area contributed by atoms with Crippen molar-refractivity contribution >= 4 is 18.3 Å². The summed E-state index contributed by atoms with van der Waals surface area (Å²) < 4.78 is 0. The van der Waals surface area contributed by atoms with Gasteiger partial charge in [0.15, 0.2) is 0 Å². The fraction of sp³-hybridized carbons (Fsp3) is 0.714.